The molecule has 0 saturated carbocycles. The van der Waals surface area contributed by atoms with Crippen molar-refractivity contribution in [2.45, 2.75) is 6.10 Å². The number of benzene rings is 1. The summed E-state index contributed by atoms with van der Waals surface area (Å²) in [5.74, 6) is 0. The van der Waals surface area contributed by atoms with Gasteiger partial charge in [0.05, 0.1) is 12.2 Å². The molecule has 3 rings (SSSR count). The van der Waals surface area contributed by atoms with E-state index in [1.807, 2.05) is 6.07 Å². The van der Waals surface area contributed by atoms with Crippen LogP contribution in [0, 0.1) is 0 Å². The number of oxazole rings is 1. The third kappa shape index (κ3) is 1.62. The lowest BCUT2D eigenvalue weighted by Gasteiger charge is -2.12. The van der Waals surface area contributed by atoms with Crippen LogP contribution in [0.25, 0.3) is 11.1 Å². The monoisotopic (exact) mass is 233 g/mol. The molecular formula is C11H11N3O3. The molecular weight excluding hydrogens is 222 g/mol. The van der Waals surface area contributed by atoms with E-state index in [4.69, 9.17) is 14.9 Å². The average Bonchev–Trinajstić information content (AvgIpc) is 2.93. The summed E-state index contributed by atoms with van der Waals surface area (Å²) in [4.78, 5) is 17.2. The number of rotatable bonds is 2. The van der Waals surface area contributed by atoms with Crippen molar-refractivity contribution in [1.29, 1.82) is 0 Å². The maximum Gasteiger partial charge on any atom is 0.414 e. The van der Waals surface area contributed by atoms with Crippen LogP contribution < -0.4 is 10.6 Å². The van der Waals surface area contributed by atoms with Gasteiger partial charge in [0.2, 0.25) is 0 Å². The zero-order valence-electron chi connectivity index (χ0n) is 9.00. The molecule has 1 unspecified atom stereocenters. The van der Waals surface area contributed by atoms with Crippen LogP contribution in [0.15, 0.2) is 29.0 Å². The molecule has 1 aromatic heterocycles. The Morgan fingerprint density at radius 3 is 3.18 bits per heavy atom. The van der Waals surface area contributed by atoms with Crippen molar-refractivity contribution in [3.8, 4) is 0 Å². The fourth-order valence-corrected chi connectivity index (χ4v) is 1.87. The van der Waals surface area contributed by atoms with E-state index in [2.05, 4.69) is 4.98 Å². The van der Waals surface area contributed by atoms with E-state index in [1.165, 1.54) is 6.39 Å². The smallest absolute Gasteiger partial charge is 0.414 e. The van der Waals surface area contributed by atoms with E-state index in [9.17, 15) is 4.79 Å². The number of ether oxygens (including phenoxy) is 1. The molecule has 0 spiro atoms. The summed E-state index contributed by atoms with van der Waals surface area (Å²) < 4.78 is 10.3. The number of amides is 1. The van der Waals surface area contributed by atoms with Crippen LogP contribution in [-0.2, 0) is 4.74 Å². The van der Waals surface area contributed by atoms with Gasteiger partial charge in [0.1, 0.15) is 11.6 Å². The minimum absolute atomic E-state index is 0.243. The fourth-order valence-electron chi connectivity index (χ4n) is 1.87. The number of aromatic nitrogens is 1. The van der Waals surface area contributed by atoms with Crippen LogP contribution in [0.2, 0.25) is 0 Å². The van der Waals surface area contributed by atoms with E-state index in [-0.39, 0.29) is 12.2 Å². The van der Waals surface area contributed by atoms with E-state index in [0.29, 0.717) is 18.7 Å². The molecule has 17 heavy (non-hydrogen) atoms. The summed E-state index contributed by atoms with van der Waals surface area (Å²) >= 11 is 0. The number of carbonyl (C=O) groups excluding carboxylic acids is 1. The lowest BCUT2D eigenvalue weighted by Crippen LogP contribution is -2.27. The number of hydrogen-bond acceptors (Lipinski definition) is 5. The Labute approximate surface area is 97.0 Å². The van der Waals surface area contributed by atoms with Gasteiger partial charge in [0.15, 0.2) is 12.0 Å². The predicted octanol–water partition coefficient (Wildman–Crippen LogP) is 1.11. The van der Waals surface area contributed by atoms with Gasteiger partial charge >= 0.3 is 6.09 Å². The molecule has 1 amide bonds. The second kappa shape index (κ2) is 3.74. The standard InChI is InChI=1S/C11H11N3O3/c12-4-8-5-14(11(15)17-8)7-1-2-9-10(3-7)16-6-13-9/h1-3,6,8H,4-5,12H2. The Balaban J connectivity index is 1.95. The third-order valence-electron chi connectivity index (χ3n) is 2.76. The van der Waals surface area contributed by atoms with Crippen molar-refractivity contribution in [2.75, 3.05) is 18.0 Å². The number of nitrogens with two attached hydrogens (primary N) is 1. The minimum Gasteiger partial charge on any atom is -0.443 e. The van der Waals surface area contributed by atoms with Gasteiger partial charge in [0, 0.05) is 12.6 Å². The van der Waals surface area contributed by atoms with Gasteiger partial charge in [-0.3, -0.25) is 4.90 Å². The second-order valence-electron chi connectivity index (χ2n) is 3.86. The number of carbonyl (C=O) groups is 1. The minimum atomic E-state index is -0.376. The topological polar surface area (TPSA) is 81.6 Å². The van der Waals surface area contributed by atoms with Crippen molar-refractivity contribution in [1.82, 2.24) is 4.98 Å². The summed E-state index contributed by atoms with van der Waals surface area (Å²) in [5.41, 5.74) is 7.62. The highest BCUT2D eigenvalue weighted by atomic mass is 16.6. The molecule has 6 heteroatoms. The van der Waals surface area contributed by atoms with Crippen LogP contribution in [0.1, 0.15) is 0 Å². The fraction of sp³-hybridized carbons (Fsp3) is 0.273. The molecule has 6 nitrogen and oxygen atoms in total. The average molecular weight is 233 g/mol. The molecule has 1 aliphatic rings. The van der Waals surface area contributed by atoms with E-state index >= 15 is 0 Å². The Morgan fingerprint density at radius 1 is 1.53 bits per heavy atom. The second-order valence-corrected chi connectivity index (χ2v) is 3.86. The van der Waals surface area contributed by atoms with E-state index in [0.717, 1.165) is 11.2 Å². The highest BCUT2D eigenvalue weighted by Gasteiger charge is 2.31. The summed E-state index contributed by atoms with van der Waals surface area (Å²) in [5, 5.41) is 0. The SMILES string of the molecule is NCC1CN(c2ccc3ncoc3c2)C(=O)O1. The van der Waals surface area contributed by atoms with Gasteiger partial charge in [-0.1, -0.05) is 0 Å². The van der Waals surface area contributed by atoms with E-state index in [1.54, 1.807) is 17.0 Å². The first kappa shape index (κ1) is 10.1. The number of fused-ring (bicyclic) bond motifs is 1. The first-order valence-electron chi connectivity index (χ1n) is 5.29. The van der Waals surface area contributed by atoms with Crippen LogP contribution in [0.4, 0.5) is 10.5 Å². The van der Waals surface area contributed by atoms with Gasteiger partial charge in [-0.15, -0.1) is 0 Å². The molecule has 0 radical (unpaired) electrons. The van der Waals surface area contributed by atoms with Crippen LogP contribution in [0.5, 0.6) is 0 Å². The summed E-state index contributed by atoms with van der Waals surface area (Å²) in [6, 6.07) is 5.38. The number of nitrogens with zero attached hydrogens (tertiary/aromatic N) is 2. The highest BCUT2D eigenvalue weighted by molar-refractivity contribution is 5.92. The maximum absolute atomic E-state index is 11.6. The molecule has 1 saturated heterocycles. The Hall–Kier alpha value is -2.08. The largest absolute Gasteiger partial charge is 0.443 e. The number of cyclic esters (lactones) is 1. The van der Waals surface area contributed by atoms with Crippen molar-refractivity contribution >= 4 is 22.9 Å². The summed E-state index contributed by atoms with van der Waals surface area (Å²) in [6.07, 6.45) is 0.756. The zero-order valence-corrected chi connectivity index (χ0v) is 9.00. The normalized spacial score (nSPS) is 19.9. The Kier molecular flexibility index (Phi) is 2.22. The third-order valence-corrected chi connectivity index (χ3v) is 2.76. The molecule has 2 N–H and O–H groups in total. The molecule has 2 aromatic rings. The predicted molar refractivity (Wildman–Crippen MR) is 60.7 cm³/mol. The molecule has 0 bridgehead atoms. The lowest BCUT2D eigenvalue weighted by molar-refractivity contribution is 0.145. The van der Waals surface area contributed by atoms with Gasteiger partial charge in [-0.25, -0.2) is 9.78 Å². The van der Waals surface area contributed by atoms with Gasteiger partial charge in [-0.2, -0.15) is 0 Å². The summed E-state index contributed by atoms with van der Waals surface area (Å²) in [6.45, 7) is 0.793. The first-order chi connectivity index (χ1) is 8.28. The van der Waals surface area contributed by atoms with Gasteiger partial charge in [-0.05, 0) is 12.1 Å². The highest BCUT2D eigenvalue weighted by Crippen LogP contribution is 2.25. The molecule has 1 aliphatic heterocycles. The van der Waals surface area contributed by atoms with Crippen molar-refractivity contribution in [3.05, 3.63) is 24.6 Å². The molecule has 0 aliphatic carbocycles. The maximum atomic E-state index is 11.6. The molecule has 88 valence electrons. The molecule has 2 heterocycles. The quantitative estimate of drug-likeness (QED) is 0.840. The van der Waals surface area contributed by atoms with Crippen molar-refractivity contribution in [2.24, 2.45) is 5.73 Å². The van der Waals surface area contributed by atoms with Crippen molar-refractivity contribution < 1.29 is 13.9 Å². The first-order valence-corrected chi connectivity index (χ1v) is 5.29. The number of anilines is 1. The zero-order chi connectivity index (χ0) is 11.8. The summed E-state index contributed by atoms with van der Waals surface area (Å²) in [7, 11) is 0. The van der Waals surface area contributed by atoms with Gasteiger partial charge < -0.3 is 14.9 Å². The van der Waals surface area contributed by atoms with Crippen LogP contribution >= 0.6 is 0 Å². The van der Waals surface area contributed by atoms with Crippen LogP contribution in [0.3, 0.4) is 0 Å². The van der Waals surface area contributed by atoms with E-state index < -0.39 is 0 Å². The van der Waals surface area contributed by atoms with Crippen molar-refractivity contribution in [3.63, 3.8) is 0 Å². The lowest BCUT2D eigenvalue weighted by atomic mass is 10.2. The van der Waals surface area contributed by atoms with Crippen LogP contribution in [-0.4, -0.2) is 30.3 Å². The Bertz CT molecular complexity index is 566. The molecule has 1 fully saturated rings. The molecule has 1 atom stereocenters. The Morgan fingerprint density at radius 2 is 2.41 bits per heavy atom. The number of hydrogen-bond donors (Lipinski definition) is 1. The molecule has 1 aromatic carbocycles. The van der Waals surface area contributed by atoms with Gasteiger partial charge in [0.25, 0.3) is 0 Å².